The lowest BCUT2D eigenvalue weighted by Crippen LogP contribution is -1.99. The molecule has 1 aromatic rings. The van der Waals surface area contributed by atoms with Gasteiger partial charge in [0.25, 0.3) is 0 Å². The largest absolute Gasteiger partial charge is 0.496 e. The maximum Gasteiger partial charge on any atom is 0.185 e. The molecule has 0 radical (unpaired) electrons. The van der Waals surface area contributed by atoms with Crippen LogP contribution in [0.25, 0.3) is 0 Å². The summed E-state index contributed by atoms with van der Waals surface area (Å²) in [6, 6.07) is 5.45. The minimum absolute atomic E-state index is 0.0560. The summed E-state index contributed by atoms with van der Waals surface area (Å²) in [5, 5.41) is 0. The minimum atomic E-state index is -0.0560. The second kappa shape index (κ2) is 4.78. The fourth-order valence-corrected chi connectivity index (χ4v) is 1.46. The molecular formula is C13H16O2. The van der Waals surface area contributed by atoms with Crippen LogP contribution >= 0.6 is 0 Å². The topological polar surface area (TPSA) is 26.3 Å². The van der Waals surface area contributed by atoms with E-state index < -0.39 is 0 Å². The van der Waals surface area contributed by atoms with Gasteiger partial charge in [-0.2, -0.15) is 0 Å². The highest BCUT2D eigenvalue weighted by Crippen LogP contribution is 2.27. The summed E-state index contributed by atoms with van der Waals surface area (Å²) in [7, 11) is 1.64. The van der Waals surface area contributed by atoms with Crippen LogP contribution in [-0.4, -0.2) is 12.9 Å². The predicted molar refractivity (Wildman–Crippen MR) is 61.6 cm³/mol. The van der Waals surface area contributed by atoms with E-state index in [4.69, 9.17) is 4.74 Å². The molecule has 0 fully saturated rings. The molecule has 0 bridgehead atoms. The van der Waals surface area contributed by atoms with Crippen LogP contribution < -0.4 is 4.74 Å². The normalized spacial score (nSPS) is 10.1. The van der Waals surface area contributed by atoms with Gasteiger partial charge >= 0.3 is 0 Å². The maximum absolute atomic E-state index is 11.4. The standard InChI is InChI=1S/C13H16O2/c1-5-12(14)10-6-7-13(15-4)11(8-10)9(2)3/h5-9H,1H2,2-4H3. The molecule has 0 amide bonds. The number of ketones is 1. The summed E-state index contributed by atoms with van der Waals surface area (Å²) in [6.07, 6.45) is 1.33. The zero-order valence-corrected chi connectivity index (χ0v) is 9.41. The lowest BCUT2D eigenvalue weighted by molar-refractivity contribution is 0.104. The van der Waals surface area contributed by atoms with E-state index in [1.165, 1.54) is 6.08 Å². The van der Waals surface area contributed by atoms with Crippen LogP contribution in [0.1, 0.15) is 35.7 Å². The second-order valence-electron chi connectivity index (χ2n) is 3.68. The Labute approximate surface area is 90.6 Å². The highest BCUT2D eigenvalue weighted by Gasteiger charge is 2.10. The van der Waals surface area contributed by atoms with E-state index in [9.17, 15) is 4.79 Å². The van der Waals surface area contributed by atoms with Gasteiger partial charge in [0, 0.05) is 5.56 Å². The van der Waals surface area contributed by atoms with Gasteiger partial charge in [-0.1, -0.05) is 20.4 Å². The van der Waals surface area contributed by atoms with Crippen molar-refractivity contribution in [2.24, 2.45) is 0 Å². The molecule has 1 aromatic carbocycles. The molecule has 0 heterocycles. The summed E-state index contributed by atoms with van der Waals surface area (Å²) in [5.74, 6) is 1.10. The van der Waals surface area contributed by atoms with Crippen LogP contribution in [0.4, 0.5) is 0 Å². The SMILES string of the molecule is C=CC(=O)c1ccc(OC)c(C(C)C)c1. The van der Waals surface area contributed by atoms with Crippen LogP contribution in [0.3, 0.4) is 0 Å². The van der Waals surface area contributed by atoms with Gasteiger partial charge in [0.05, 0.1) is 7.11 Å². The molecule has 2 heteroatoms. The van der Waals surface area contributed by atoms with Gasteiger partial charge in [-0.3, -0.25) is 4.79 Å². The van der Waals surface area contributed by atoms with E-state index in [0.717, 1.165) is 11.3 Å². The monoisotopic (exact) mass is 204 g/mol. The number of ether oxygens (including phenoxy) is 1. The first-order valence-electron chi connectivity index (χ1n) is 4.94. The third-order valence-electron chi connectivity index (χ3n) is 2.32. The van der Waals surface area contributed by atoms with Crippen LogP contribution in [0.15, 0.2) is 30.9 Å². The first-order chi connectivity index (χ1) is 7.10. The third-order valence-corrected chi connectivity index (χ3v) is 2.32. The molecule has 0 saturated carbocycles. The summed E-state index contributed by atoms with van der Waals surface area (Å²) < 4.78 is 5.24. The van der Waals surface area contributed by atoms with Gasteiger partial charge in [0.1, 0.15) is 5.75 Å². The number of methoxy groups -OCH3 is 1. The number of hydrogen-bond acceptors (Lipinski definition) is 2. The van der Waals surface area contributed by atoms with Crippen LogP contribution in [0.2, 0.25) is 0 Å². The van der Waals surface area contributed by atoms with E-state index in [-0.39, 0.29) is 5.78 Å². The highest BCUT2D eigenvalue weighted by atomic mass is 16.5. The molecule has 0 spiro atoms. The molecule has 0 unspecified atom stereocenters. The fourth-order valence-electron chi connectivity index (χ4n) is 1.46. The van der Waals surface area contributed by atoms with Gasteiger partial charge in [0.2, 0.25) is 0 Å². The molecule has 80 valence electrons. The number of carbonyl (C=O) groups excluding carboxylic acids is 1. The van der Waals surface area contributed by atoms with E-state index >= 15 is 0 Å². The first kappa shape index (κ1) is 11.5. The van der Waals surface area contributed by atoms with E-state index in [1.807, 2.05) is 12.1 Å². The Balaban J connectivity index is 3.21. The van der Waals surface area contributed by atoms with Gasteiger partial charge in [-0.05, 0) is 35.8 Å². The molecule has 2 nitrogen and oxygen atoms in total. The lowest BCUT2D eigenvalue weighted by Gasteiger charge is -2.12. The zero-order valence-electron chi connectivity index (χ0n) is 9.41. The van der Waals surface area contributed by atoms with Crippen molar-refractivity contribution in [1.29, 1.82) is 0 Å². The van der Waals surface area contributed by atoms with Crippen molar-refractivity contribution in [1.82, 2.24) is 0 Å². The molecule has 0 aliphatic carbocycles. The molecule has 0 aliphatic heterocycles. The van der Waals surface area contributed by atoms with Gasteiger partial charge in [0.15, 0.2) is 5.78 Å². The Kier molecular flexibility index (Phi) is 3.67. The van der Waals surface area contributed by atoms with Gasteiger partial charge < -0.3 is 4.74 Å². The Morgan fingerprint density at radius 3 is 2.60 bits per heavy atom. The molecule has 0 aliphatic rings. The van der Waals surface area contributed by atoms with Crippen molar-refractivity contribution < 1.29 is 9.53 Å². The minimum Gasteiger partial charge on any atom is -0.496 e. The molecule has 0 atom stereocenters. The Morgan fingerprint density at radius 1 is 1.47 bits per heavy atom. The highest BCUT2D eigenvalue weighted by molar-refractivity contribution is 6.04. The summed E-state index contributed by atoms with van der Waals surface area (Å²) in [6.45, 7) is 7.61. The van der Waals surface area contributed by atoms with Crippen molar-refractivity contribution >= 4 is 5.78 Å². The number of carbonyl (C=O) groups is 1. The first-order valence-corrected chi connectivity index (χ1v) is 4.94. The quantitative estimate of drug-likeness (QED) is 0.556. The maximum atomic E-state index is 11.4. The molecule has 0 N–H and O–H groups in total. The molecular weight excluding hydrogens is 188 g/mol. The Bertz CT molecular complexity index is 378. The van der Waals surface area contributed by atoms with Crippen molar-refractivity contribution in [3.05, 3.63) is 42.0 Å². The number of allylic oxidation sites excluding steroid dienone is 1. The van der Waals surface area contributed by atoms with Crippen molar-refractivity contribution in [2.75, 3.05) is 7.11 Å². The Morgan fingerprint density at radius 2 is 2.13 bits per heavy atom. The van der Waals surface area contributed by atoms with Crippen LogP contribution in [0.5, 0.6) is 5.75 Å². The molecule has 0 saturated heterocycles. The second-order valence-corrected chi connectivity index (χ2v) is 3.68. The van der Waals surface area contributed by atoms with E-state index in [0.29, 0.717) is 11.5 Å². The van der Waals surface area contributed by atoms with Crippen molar-refractivity contribution in [3.8, 4) is 5.75 Å². The summed E-state index contributed by atoms with van der Waals surface area (Å²) in [4.78, 5) is 11.4. The zero-order chi connectivity index (χ0) is 11.4. The summed E-state index contributed by atoms with van der Waals surface area (Å²) >= 11 is 0. The average molecular weight is 204 g/mol. The average Bonchev–Trinajstić information content (AvgIpc) is 2.27. The van der Waals surface area contributed by atoms with Crippen molar-refractivity contribution in [2.45, 2.75) is 19.8 Å². The van der Waals surface area contributed by atoms with E-state index in [1.54, 1.807) is 13.2 Å². The third kappa shape index (κ3) is 2.46. The Hall–Kier alpha value is -1.57. The predicted octanol–water partition coefficient (Wildman–Crippen LogP) is 3.19. The lowest BCUT2D eigenvalue weighted by atomic mass is 9.98. The van der Waals surface area contributed by atoms with Gasteiger partial charge in [-0.15, -0.1) is 0 Å². The van der Waals surface area contributed by atoms with Crippen LogP contribution in [-0.2, 0) is 0 Å². The number of benzene rings is 1. The summed E-state index contributed by atoms with van der Waals surface area (Å²) in [5.41, 5.74) is 1.71. The van der Waals surface area contributed by atoms with Crippen LogP contribution in [0, 0.1) is 0 Å². The van der Waals surface area contributed by atoms with E-state index in [2.05, 4.69) is 20.4 Å². The number of rotatable bonds is 4. The molecule has 1 rings (SSSR count). The molecule has 15 heavy (non-hydrogen) atoms. The smallest absolute Gasteiger partial charge is 0.185 e. The fraction of sp³-hybridized carbons (Fsp3) is 0.308. The van der Waals surface area contributed by atoms with Gasteiger partial charge in [-0.25, -0.2) is 0 Å². The van der Waals surface area contributed by atoms with Crippen molar-refractivity contribution in [3.63, 3.8) is 0 Å². The number of hydrogen-bond donors (Lipinski definition) is 0. The molecule has 0 aromatic heterocycles.